The molecule has 3 aromatic carbocycles. The third-order valence-corrected chi connectivity index (χ3v) is 5.22. The molecule has 0 aliphatic carbocycles. The van der Waals surface area contributed by atoms with Crippen LogP contribution in [0.15, 0.2) is 72.8 Å². The molecule has 28 heavy (non-hydrogen) atoms. The van der Waals surface area contributed by atoms with Crippen molar-refractivity contribution in [2.24, 2.45) is 5.73 Å². The van der Waals surface area contributed by atoms with Crippen LogP contribution in [0.3, 0.4) is 0 Å². The van der Waals surface area contributed by atoms with E-state index in [9.17, 15) is 4.79 Å². The Kier molecular flexibility index (Phi) is 5.40. The Hall–Kier alpha value is -3.11. The normalized spacial score (nSPS) is 13.7. The average Bonchev–Trinajstić information content (AvgIpc) is 2.74. The number of benzene rings is 3. The molecule has 1 aliphatic heterocycles. The van der Waals surface area contributed by atoms with Crippen LogP contribution in [0.25, 0.3) is 11.1 Å². The molecule has 0 saturated carbocycles. The van der Waals surface area contributed by atoms with Crippen molar-refractivity contribution in [3.8, 4) is 16.9 Å². The van der Waals surface area contributed by atoms with Crippen molar-refractivity contribution >= 4 is 5.91 Å². The predicted molar refractivity (Wildman–Crippen MR) is 111 cm³/mol. The highest BCUT2D eigenvalue weighted by molar-refractivity contribution is 5.94. The molecule has 142 valence electrons. The second kappa shape index (κ2) is 8.28. The fourth-order valence-electron chi connectivity index (χ4n) is 3.63. The summed E-state index contributed by atoms with van der Waals surface area (Å²) in [5, 5.41) is 0. The third kappa shape index (κ3) is 4.24. The van der Waals surface area contributed by atoms with Gasteiger partial charge in [0.2, 0.25) is 5.91 Å². The molecule has 1 aliphatic rings. The van der Waals surface area contributed by atoms with Crippen LogP contribution in [0.4, 0.5) is 0 Å². The lowest BCUT2D eigenvalue weighted by Crippen LogP contribution is -2.33. The fraction of sp³-hybridized carbons (Fsp3) is 0.208. The fourth-order valence-corrected chi connectivity index (χ4v) is 3.63. The van der Waals surface area contributed by atoms with Gasteiger partial charge in [0.25, 0.3) is 0 Å². The molecule has 0 fully saturated rings. The van der Waals surface area contributed by atoms with Crippen molar-refractivity contribution in [3.05, 3.63) is 89.5 Å². The highest BCUT2D eigenvalue weighted by Gasteiger charge is 2.15. The van der Waals surface area contributed by atoms with Crippen LogP contribution in [0.2, 0.25) is 0 Å². The summed E-state index contributed by atoms with van der Waals surface area (Å²) in [4.78, 5) is 13.8. The number of amides is 1. The number of hydrogen-bond acceptors (Lipinski definition) is 3. The molecule has 0 bridgehead atoms. The van der Waals surface area contributed by atoms with Crippen LogP contribution in [0, 0.1) is 0 Å². The Bertz CT molecular complexity index is 966. The molecule has 4 nitrogen and oxygen atoms in total. The van der Waals surface area contributed by atoms with Gasteiger partial charge in [-0.25, -0.2) is 0 Å². The standard InChI is InChI=1S/C24H24N2O2/c25-24(27)21-7-3-6-20(16-21)19-8-10-23(11-9-19)28-15-14-26-13-12-18-4-1-2-5-22(18)17-26/h1-11,16H,12-15,17H2,(H2,25,27). The van der Waals surface area contributed by atoms with E-state index in [2.05, 4.69) is 29.2 Å². The van der Waals surface area contributed by atoms with Crippen LogP contribution in [0.1, 0.15) is 21.5 Å². The summed E-state index contributed by atoms with van der Waals surface area (Å²) in [6.07, 6.45) is 1.11. The molecule has 1 amide bonds. The quantitative estimate of drug-likeness (QED) is 0.714. The zero-order valence-corrected chi connectivity index (χ0v) is 15.8. The first-order valence-corrected chi connectivity index (χ1v) is 9.61. The maximum absolute atomic E-state index is 11.4. The minimum Gasteiger partial charge on any atom is -0.492 e. The Labute approximate surface area is 165 Å². The van der Waals surface area contributed by atoms with E-state index in [4.69, 9.17) is 10.5 Å². The van der Waals surface area contributed by atoms with Crippen molar-refractivity contribution in [2.75, 3.05) is 19.7 Å². The number of carbonyl (C=O) groups excluding carboxylic acids is 1. The van der Waals surface area contributed by atoms with E-state index in [-0.39, 0.29) is 0 Å². The largest absolute Gasteiger partial charge is 0.492 e. The highest BCUT2D eigenvalue weighted by Crippen LogP contribution is 2.23. The number of ether oxygens (including phenoxy) is 1. The van der Waals surface area contributed by atoms with E-state index in [1.807, 2.05) is 42.5 Å². The van der Waals surface area contributed by atoms with Gasteiger partial charge in [-0.05, 0) is 52.9 Å². The zero-order valence-electron chi connectivity index (χ0n) is 15.8. The Morgan fingerprint density at radius 3 is 2.50 bits per heavy atom. The van der Waals surface area contributed by atoms with Gasteiger partial charge in [-0.15, -0.1) is 0 Å². The third-order valence-electron chi connectivity index (χ3n) is 5.22. The number of nitrogens with two attached hydrogens (primary N) is 1. The maximum atomic E-state index is 11.4. The van der Waals surface area contributed by atoms with Gasteiger partial charge >= 0.3 is 0 Å². The minimum atomic E-state index is -0.415. The van der Waals surface area contributed by atoms with Gasteiger partial charge < -0.3 is 10.5 Å². The second-order valence-corrected chi connectivity index (χ2v) is 7.11. The topological polar surface area (TPSA) is 55.6 Å². The Balaban J connectivity index is 1.32. The summed E-state index contributed by atoms with van der Waals surface area (Å²) in [5.74, 6) is 0.439. The lowest BCUT2D eigenvalue weighted by Gasteiger charge is -2.28. The molecule has 0 spiro atoms. The summed E-state index contributed by atoms with van der Waals surface area (Å²) in [7, 11) is 0. The molecule has 0 unspecified atom stereocenters. The number of primary amides is 1. The van der Waals surface area contributed by atoms with E-state index in [1.165, 1.54) is 11.1 Å². The van der Waals surface area contributed by atoms with Gasteiger partial charge in [-0.2, -0.15) is 0 Å². The molecule has 4 rings (SSSR count). The Morgan fingerprint density at radius 1 is 0.929 bits per heavy atom. The first kappa shape index (κ1) is 18.3. The summed E-state index contributed by atoms with van der Waals surface area (Å²) >= 11 is 0. The summed E-state index contributed by atoms with van der Waals surface area (Å²) in [5.41, 5.74) is 10.8. The zero-order chi connectivity index (χ0) is 19.3. The van der Waals surface area contributed by atoms with Crippen LogP contribution < -0.4 is 10.5 Å². The van der Waals surface area contributed by atoms with Crippen LogP contribution >= 0.6 is 0 Å². The average molecular weight is 372 g/mol. The number of nitrogens with zero attached hydrogens (tertiary/aromatic N) is 1. The second-order valence-electron chi connectivity index (χ2n) is 7.11. The number of rotatable bonds is 6. The van der Waals surface area contributed by atoms with Gasteiger partial charge in [-0.3, -0.25) is 9.69 Å². The molecular weight excluding hydrogens is 348 g/mol. The van der Waals surface area contributed by atoms with Gasteiger partial charge in [0.15, 0.2) is 0 Å². The molecular formula is C24H24N2O2. The molecule has 0 atom stereocenters. The molecule has 1 heterocycles. The molecule has 4 heteroatoms. The van der Waals surface area contributed by atoms with Gasteiger partial charge in [0.05, 0.1) is 0 Å². The van der Waals surface area contributed by atoms with Crippen molar-refractivity contribution in [3.63, 3.8) is 0 Å². The van der Waals surface area contributed by atoms with E-state index >= 15 is 0 Å². The summed E-state index contributed by atoms with van der Waals surface area (Å²) < 4.78 is 5.93. The Morgan fingerprint density at radius 2 is 1.71 bits per heavy atom. The first-order chi connectivity index (χ1) is 13.7. The van der Waals surface area contributed by atoms with E-state index in [0.717, 1.165) is 42.9 Å². The first-order valence-electron chi connectivity index (χ1n) is 9.61. The van der Waals surface area contributed by atoms with E-state index < -0.39 is 5.91 Å². The van der Waals surface area contributed by atoms with Crippen LogP contribution in [-0.4, -0.2) is 30.5 Å². The molecule has 0 saturated heterocycles. The maximum Gasteiger partial charge on any atom is 0.248 e. The lowest BCUT2D eigenvalue weighted by molar-refractivity contribution is 0.100. The van der Waals surface area contributed by atoms with Crippen molar-refractivity contribution in [1.82, 2.24) is 4.90 Å². The number of hydrogen-bond donors (Lipinski definition) is 1. The van der Waals surface area contributed by atoms with Crippen LogP contribution in [-0.2, 0) is 13.0 Å². The predicted octanol–water partition coefficient (Wildman–Crippen LogP) is 3.89. The van der Waals surface area contributed by atoms with Crippen molar-refractivity contribution < 1.29 is 9.53 Å². The van der Waals surface area contributed by atoms with Crippen LogP contribution in [0.5, 0.6) is 5.75 Å². The van der Waals surface area contributed by atoms with Gasteiger partial charge in [0.1, 0.15) is 12.4 Å². The smallest absolute Gasteiger partial charge is 0.248 e. The molecule has 3 aromatic rings. The SMILES string of the molecule is NC(=O)c1cccc(-c2ccc(OCCN3CCc4ccccc4C3)cc2)c1. The molecule has 2 N–H and O–H groups in total. The van der Waals surface area contributed by atoms with Crippen molar-refractivity contribution in [1.29, 1.82) is 0 Å². The van der Waals surface area contributed by atoms with Gasteiger partial charge in [0, 0.05) is 25.2 Å². The highest BCUT2D eigenvalue weighted by atomic mass is 16.5. The van der Waals surface area contributed by atoms with Crippen molar-refractivity contribution in [2.45, 2.75) is 13.0 Å². The lowest BCUT2D eigenvalue weighted by atomic mass is 10.0. The monoisotopic (exact) mass is 372 g/mol. The van der Waals surface area contributed by atoms with E-state index in [1.54, 1.807) is 6.07 Å². The number of fused-ring (bicyclic) bond motifs is 1. The number of carbonyl (C=O) groups is 1. The molecule has 0 aromatic heterocycles. The van der Waals surface area contributed by atoms with Gasteiger partial charge in [-0.1, -0.05) is 48.5 Å². The summed E-state index contributed by atoms with van der Waals surface area (Å²) in [6, 6.07) is 24.0. The summed E-state index contributed by atoms with van der Waals surface area (Å²) in [6.45, 7) is 3.65. The van der Waals surface area contributed by atoms with E-state index in [0.29, 0.717) is 12.2 Å². The molecule has 0 radical (unpaired) electrons. The minimum absolute atomic E-state index is 0.415.